The molecule has 0 aliphatic rings. The summed E-state index contributed by atoms with van der Waals surface area (Å²) in [7, 11) is 1.53. The molecule has 0 amide bonds. The van der Waals surface area contributed by atoms with Crippen molar-refractivity contribution in [3.05, 3.63) is 56.0 Å². The van der Waals surface area contributed by atoms with E-state index < -0.39 is 11.2 Å². The number of H-pyrrole nitrogens is 2. The first-order valence-electron chi connectivity index (χ1n) is 6.11. The van der Waals surface area contributed by atoms with Crippen LogP contribution in [-0.4, -0.2) is 19.5 Å². The molecule has 0 unspecified atom stereocenters. The molecule has 0 fully saturated rings. The van der Waals surface area contributed by atoms with Crippen molar-refractivity contribution in [2.75, 3.05) is 0 Å². The first kappa shape index (κ1) is 13.4. The molecule has 0 spiro atoms. The molecule has 0 radical (unpaired) electrons. The zero-order chi connectivity index (χ0) is 15.0. The number of ether oxygens (including phenoxy) is 1. The minimum Gasteiger partial charge on any atom is -0.486 e. The van der Waals surface area contributed by atoms with E-state index in [9.17, 15) is 9.59 Å². The number of hydrogen-bond acceptors (Lipinski definition) is 4. The van der Waals surface area contributed by atoms with Crippen molar-refractivity contribution in [1.29, 1.82) is 0 Å². The Balaban J connectivity index is 1.92. The van der Waals surface area contributed by atoms with Gasteiger partial charge in [-0.1, -0.05) is 17.7 Å². The number of fused-ring (bicyclic) bond motifs is 1. The van der Waals surface area contributed by atoms with E-state index >= 15 is 0 Å². The number of nitrogens with zero attached hydrogens (tertiary/aromatic N) is 2. The van der Waals surface area contributed by atoms with Gasteiger partial charge in [-0.2, -0.15) is 0 Å². The van der Waals surface area contributed by atoms with Crippen molar-refractivity contribution < 1.29 is 4.74 Å². The largest absolute Gasteiger partial charge is 0.486 e. The number of benzene rings is 1. The predicted molar refractivity (Wildman–Crippen MR) is 77.7 cm³/mol. The SMILES string of the molecule is Cn1c(=O)[nH]c(=O)c2[nH]c(COc3cccc(Cl)c3)nc21. The van der Waals surface area contributed by atoms with Crippen LogP contribution in [0.15, 0.2) is 33.9 Å². The van der Waals surface area contributed by atoms with Crippen molar-refractivity contribution in [1.82, 2.24) is 19.5 Å². The highest BCUT2D eigenvalue weighted by Gasteiger charge is 2.11. The number of aromatic amines is 2. The normalized spacial score (nSPS) is 11.0. The molecular formula is C13H11ClN4O3. The first-order chi connectivity index (χ1) is 10.0. The number of nitrogens with one attached hydrogen (secondary N) is 2. The third kappa shape index (κ3) is 2.55. The van der Waals surface area contributed by atoms with Crippen molar-refractivity contribution in [2.24, 2.45) is 7.05 Å². The average molecular weight is 307 g/mol. The van der Waals surface area contributed by atoms with Crippen LogP contribution >= 0.6 is 11.6 Å². The second kappa shape index (κ2) is 5.10. The fraction of sp³-hybridized carbons (Fsp3) is 0.154. The topological polar surface area (TPSA) is 92.8 Å². The summed E-state index contributed by atoms with van der Waals surface area (Å²) in [6, 6.07) is 6.94. The third-order valence-electron chi connectivity index (χ3n) is 2.98. The first-order valence-corrected chi connectivity index (χ1v) is 6.48. The molecule has 3 rings (SSSR count). The molecule has 2 heterocycles. The molecule has 0 aliphatic heterocycles. The van der Waals surface area contributed by atoms with Crippen molar-refractivity contribution in [3.8, 4) is 5.75 Å². The standard InChI is InChI=1S/C13H11ClN4O3/c1-18-11-10(12(19)17-13(18)20)15-9(16-11)6-21-8-4-2-3-7(14)5-8/h2-5H,6H2,1H3,(H,15,16)(H,17,19,20). The second-order valence-electron chi connectivity index (χ2n) is 4.45. The van der Waals surface area contributed by atoms with Crippen LogP contribution < -0.4 is 16.0 Å². The Morgan fingerprint density at radius 2 is 2.14 bits per heavy atom. The summed E-state index contributed by atoms with van der Waals surface area (Å²) in [5, 5.41) is 0.566. The summed E-state index contributed by atoms with van der Waals surface area (Å²) in [6.45, 7) is 0.128. The molecule has 0 saturated heterocycles. The Labute approximate surface area is 123 Å². The maximum Gasteiger partial charge on any atom is 0.329 e. The number of aromatic nitrogens is 4. The Kier molecular flexibility index (Phi) is 3.26. The lowest BCUT2D eigenvalue weighted by molar-refractivity contribution is 0.297. The van der Waals surface area contributed by atoms with E-state index in [0.717, 1.165) is 0 Å². The van der Waals surface area contributed by atoms with Crippen LogP contribution in [0.1, 0.15) is 5.82 Å². The summed E-state index contributed by atoms with van der Waals surface area (Å²) >= 11 is 5.86. The fourth-order valence-corrected chi connectivity index (χ4v) is 2.11. The molecule has 0 atom stereocenters. The van der Waals surface area contributed by atoms with Gasteiger partial charge in [-0.25, -0.2) is 9.78 Å². The van der Waals surface area contributed by atoms with E-state index in [4.69, 9.17) is 16.3 Å². The van der Waals surface area contributed by atoms with Gasteiger partial charge in [-0.05, 0) is 18.2 Å². The zero-order valence-electron chi connectivity index (χ0n) is 11.0. The molecule has 108 valence electrons. The van der Waals surface area contributed by atoms with Crippen LogP contribution in [0.2, 0.25) is 5.02 Å². The smallest absolute Gasteiger partial charge is 0.329 e. The van der Waals surface area contributed by atoms with Gasteiger partial charge in [-0.3, -0.25) is 14.3 Å². The van der Waals surface area contributed by atoms with Crippen molar-refractivity contribution >= 4 is 22.8 Å². The third-order valence-corrected chi connectivity index (χ3v) is 3.21. The zero-order valence-corrected chi connectivity index (χ0v) is 11.8. The number of rotatable bonds is 3. The quantitative estimate of drug-likeness (QED) is 0.760. The summed E-state index contributed by atoms with van der Waals surface area (Å²) in [4.78, 5) is 32.4. The Morgan fingerprint density at radius 3 is 2.90 bits per heavy atom. The number of aryl methyl sites for hydroxylation is 1. The minimum atomic E-state index is -0.513. The van der Waals surface area contributed by atoms with E-state index in [2.05, 4.69) is 15.0 Å². The van der Waals surface area contributed by atoms with E-state index in [0.29, 0.717) is 16.6 Å². The van der Waals surface area contributed by atoms with Gasteiger partial charge in [0.05, 0.1) is 0 Å². The van der Waals surface area contributed by atoms with E-state index in [1.54, 1.807) is 24.3 Å². The molecular weight excluding hydrogens is 296 g/mol. The van der Waals surface area contributed by atoms with E-state index in [1.165, 1.54) is 11.6 Å². The van der Waals surface area contributed by atoms with Gasteiger partial charge in [0.25, 0.3) is 5.56 Å². The lowest BCUT2D eigenvalue weighted by atomic mass is 10.3. The maximum absolute atomic E-state index is 11.7. The Morgan fingerprint density at radius 1 is 1.33 bits per heavy atom. The highest BCUT2D eigenvalue weighted by molar-refractivity contribution is 6.30. The molecule has 2 aromatic heterocycles. The van der Waals surface area contributed by atoms with Gasteiger partial charge in [0.1, 0.15) is 23.7 Å². The van der Waals surface area contributed by atoms with Crippen molar-refractivity contribution in [2.45, 2.75) is 6.61 Å². The Bertz CT molecular complexity index is 925. The summed E-state index contributed by atoms with van der Waals surface area (Å²) in [6.07, 6.45) is 0. The second-order valence-corrected chi connectivity index (χ2v) is 4.88. The predicted octanol–water partition coefficient (Wildman–Crippen LogP) is 1.18. The number of halogens is 1. The molecule has 7 nitrogen and oxygen atoms in total. The molecule has 1 aromatic carbocycles. The highest BCUT2D eigenvalue weighted by atomic mass is 35.5. The van der Waals surface area contributed by atoms with E-state index in [-0.39, 0.29) is 17.8 Å². The molecule has 0 bridgehead atoms. The highest BCUT2D eigenvalue weighted by Crippen LogP contribution is 2.18. The van der Waals surface area contributed by atoms with Gasteiger partial charge in [0.15, 0.2) is 5.65 Å². The van der Waals surface area contributed by atoms with Crippen LogP contribution in [-0.2, 0) is 13.7 Å². The number of imidazole rings is 1. The molecule has 21 heavy (non-hydrogen) atoms. The average Bonchev–Trinajstić information content (AvgIpc) is 2.88. The van der Waals surface area contributed by atoms with Gasteiger partial charge in [0, 0.05) is 12.1 Å². The monoisotopic (exact) mass is 306 g/mol. The molecule has 2 N–H and O–H groups in total. The van der Waals surface area contributed by atoms with Gasteiger partial charge < -0.3 is 9.72 Å². The van der Waals surface area contributed by atoms with Gasteiger partial charge >= 0.3 is 5.69 Å². The van der Waals surface area contributed by atoms with Gasteiger partial charge in [-0.15, -0.1) is 0 Å². The van der Waals surface area contributed by atoms with Gasteiger partial charge in [0.2, 0.25) is 0 Å². The maximum atomic E-state index is 11.7. The van der Waals surface area contributed by atoms with Crippen LogP contribution in [0.3, 0.4) is 0 Å². The Hall–Kier alpha value is -2.54. The van der Waals surface area contributed by atoms with Crippen LogP contribution in [0.25, 0.3) is 11.2 Å². The molecule has 8 heteroatoms. The summed E-state index contributed by atoms with van der Waals surface area (Å²) in [5.74, 6) is 1.03. The summed E-state index contributed by atoms with van der Waals surface area (Å²) < 4.78 is 6.79. The minimum absolute atomic E-state index is 0.128. The number of hydrogen-bond donors (Lipinski definition) is 2. The summed E-state index contributed by atoms with van der Waals surface area (Å²) in [5.41, 5.74) is -0.494. The molecule has 0 aliphatic carbocycles. The lowest BCUT2D eigenvalue weighted by Gasteiger charge is -2.03. The molecule has 3 aromatic rings. The van der Waals surface area contributed by atoms with E-state index in [1.807, 2.05) is 0 Å². The lowest BCUT2D eigenvalue weighted by Crippen LogP contribution is -2.28. The van der Waals surface area contributed by atoms with Crippen LogP contribution in [0.4, 0.5) is 0 Å². The van der Waals surface area contributed by atoms with Crippen LogP contribution in [0.5, 0.6) is 5.75 Å². The fourth-order valence-electron chi connectivity index (χ4n) is 1.93. The van der Waals surface area contributed by atoms with Crippen molar-refractivity contribution in [3.63, 3.8) is 0 Å². The van der Waals surface area contributed by atoms with Crippen LogP contribution in [0, 0.1) is 0 Å². The molecule has 0 saturated carbocycles.